The van der Waals surface area contributed by atoms with Crippen LogP contribution in [0.15, 0.2) is 24.9 Å². The molecule has 3 aliphatic heterocycles. The first-order chi connectivity index (χ1) is 20.5. The summed E-state index contributed by atoms with van der Waals surface area (Å²) < 4.78 is 7.37. The topological polar surface area (TPSA) is 82.5 Å². The molecule has 4 aliphatic rings. The predicted molar refractivity (Wildman–Crippen MR) is 173 cm³/mol. The molecule has 1 aliphatic carbocycles. The van der Waals surface area contributed by atoms with Crippen molar-refractivity contribution in [3.63, 3.8) is 0 Å². The maximum Gasteiger partial charge on any atom is 0.245 e. The van der Waals surface area contributed by atoms with Gasteiger partial charge in [0.05, 0.1) is 31.0 Å². The Kier molecular flexibility index (Phi) is 8.11. The fourth-order valence-electron chi connectivity index (χ4n) is 7.56. The molecule has 1 saturated carbocycles. The minimum Gasteiger partial charge on any atom is -0.379 e. The number of morpholine rings is 1. The van der Waals surface area contributed by atoms with Gasteiger partial charge >= 0.3 is 0 Å². The Balaban J connectivity index is 0.000000415. The van der Waals surface area contributed by atoms with Gasteiger partial charge in [0, 0.05) is 70.9 Å². The number of hydrogen-bond donors (Lipinski definition) is 1. The summed E-state index contributed by atoms with van der Waals surface area (Å²) in [7, 11) is 2.11. The molecule has 0 unspecified atom stereocenters. The van der Waals surface area contributed by atoms with Crippen molar-refractivity contribution < 1.29 is 9.53 Å². The van der Waals surface area contributed by atoms with E-state index in [-0.39, 0.29) is 16.9 Å². The number of halogens is 1. The molecule has 0 radical (unpaired) electrons. The molecule has 3 aromatic rings. The molecule has 10 heteroatoms. The summed E-state index contributed by atoms with van der Waals surface area (Å²) in [5.74, 6) is 1.10. The maximum absolute atomic E-state index is 12.0. The molecule has 1 amide bonds. The highest BCUT2D eigenvalue weighted by Crippen LogP contribution is 2.55. The first-order valence-electron chi connectivity index (χ1n) is 15.7. The first-order valence-corrected chi connectivity index (χ1v) is 16.1. The third-order valence-corrected chi connectivity index (χ3v) is 10.6. The average molecular weight is 608 g/mol. The highest BCUT2D eigenvalue weighted by atomic mass is 35.5. The Morgan fingerprint density at radius 2 is 1.86 bits per heavy atom. The molecule has 1 spiro atoms. The molecule has 3 saturated heterocycles. The number of amides is 1. The van der Waals surface area contributed by atoms with E-state index in [1.807, 2.05) is 17.2 Å². The zero-order valence-electron chi connectivity index (χ0n) is 26.4. The van der Waals surface area contributed by atoms with Gasteiger partial charge in [-0.15, -0.1) is 0 Å². The summed E-state index contributed by atoms with van der Waals surface area (Å²) in [5, 5.41) is 14.6. The summed E-state index contributed by atoms with van der Waals surface area (Å²) in [4.78, 5) is 18.7. The third-order valence-electron chi connectivity index (χ3n) is 10.2. The minimum absolute atomic E-state index is 0.0287. The van der Waals surface area contributed by atoms with Gasteiger partial charge in [-0.1, -0.05) is 18.2 Å². The zero-order chi connectivity index (χ0) is 30.5. The SMILES string of the molecule is C=CC(=O)N1CC2(CC(n3nc(N4CCCCC4(C)C)c(-c4c(C)c(Cl)cc5[nH]ncc45)c3C)C2)C1.CN1CCOCC1. The number of H-pyrrole nitrogens is 1. The maximum atomic E-state index is 12.0. The van der Waals surface area contributed by atoms with Gasteiger partial charge in [0.1, 0.15) is 0 Å². The third kappa shape index (κ3) is 5.49. The van der Waals surface area contributed by atoms with Crippen molar-refractivity contribution in [2.45, 2.75) is 71.4 Å². The van der Waals surface area contributed by atoms with Gasteiger partial charge in [-0.05, 0) is 84.6 Å². The first kappa shape index (κ1) is 30.2. The molecule has 1 N–H and O–H groups in total. The molecule has 232 valence electrons. The summed E-state index contributed by atoms with van der Waals surface area (Å²) in [6, 6.07) is 2.31. The smallest absolute Gasteiger partial charge is 0.245 e. The van der Waals surface area contributed by atoms with Crippen LogP contribution in [0.4, 0.5) is 5.82 Å². The highest BCUT2D eigenvalue weighted by Gasteiger charge is 2.54. The normalized spacial score (nSPS) is 21.7. The molecular weight excluding hydrogens is 562 g/mol. The van der Waals surface area contributed by atoms with Crippen molar-refractivity contribution in [1.29, 1.82) is 0 Å². The van der Waals surface area contributed by atoms with E-state index in [4.69, 9.17) is 21.4 Å². The number of aromatic amines is 1. The van der Waals surface area contributed by atoms with Crippen molar-refractivity contribution in [3.05, 3.63) is 41.2 Å². The highest BCUT2D eigenvalue weighted by molar-refractivity contribution is 6.33. The number of nitrogens with one attached hydrogen (secondary N) is 1. The van der Waals surface area contributed by atoms with E-state index in [0.717, 1.165) is 98.1 Å². The number of nitrogens with zero attached hydrogens (tertiary/aromatic N) is 6. The number of hydrogen-bond acceptors (Lipinski definition) is 6. The van der Waals surface area contributed by atoms with E-state index in [9.17, 15) is 4.79 Å². The van der Waals surface area contributed by atoms with Crippen LogP contribution < -0.4 is 4.90 Å². The fraction of sp³-hybridized carbons (Fsp3) is 0.606. The lowest BCUT2D eigenvalue weighted by atomic mass is 9.60. The Labute approximate surface area is 260 Å². The van der Waals surface area contributed by atoms with Gasteiger partial charge in [0.15, 0.2) is 5.82 Å². The van der Waals surface area contributed by atoms with Crippen molar-refractivity contribution in [3.8, 4) is 11.1 Å². The predicted octanol–water partition coefficient (Wildman–Crippen LogP) is 5.76. The number of fused-ring (bicyclic) bond motifs is 1. The number of piperidine rings is 1. The van der Waals surface area contributed by atoms with E-state index in [0.29, 0.717) is 6.04 Å². The van der Waals surface area contributed by atoms with Crippen molar-refractivity contribution >= 4 is 34.2 Å². The standard InChI is InChI=1S/C28H35ClN6O.C5H11NO/c1-6-23(36)33-15-28(16-33)12-19(13-28)35-18(3)25(26(32-35)34-10-8-7-9-27(34,4)5)24-17(2)21(29)11-22-20(24)14-30-31-22;1-6-2-4-7-5-3-6/h6,11,14,19H,1,7-10,12-13,15-16H2,2-5H3,(H,30,31);2-5H2,1H3. The minimum atomic E-state index is 0.0287. The number of rotatable bonds is 4. The van der Waals surface area contributed by atoms with Gasteiger partial charge in [-0.2, -0.15) is 10.2 Å². The number of benzene rings is 1. The molecule has 9 nitrogen and oxygen atoms in total. The van der Waals surface area contributed by atoms with Gasteiger partial charge in [-0.25, -0.2) is 0 Å². The lowest BCUT2D eigenvalue weighted by Crippen LogP contribution is -2.63. The number of carbonyl (C=O) groups excluding carboxylic acids is 1. The van der Waals surface area contributed by atoms with Crippen molar-refractivity contribution in [2.24, 2.45) is 5.41 Å². The van der Waals surface area contributed by atoms with Crippen LogP contribution in [0.2, 0.25) is 5.02 Å². The molecule has 0 bridgehead atoms. The zero-order valence-corrected chi connectivity index (χ0v) is 27.1. The van der Waals surface area contributed by atoms with Crippen LogP contribution in [-0.4, -0.2) is 94.2 Å². The Morgan fingerprint density at radius 1 is 1.14 bits per heavy atom. The van der Waals surface area contributed by atoms with E-state index < -0.39 is 0 Å². The van der Waals surface area contributed by atoms with Crippen LogP contribution >= 0.6 is 11.6 Å². The Bertz CT molecular complexity index is 1500. The number of ether oxygens (including phenoxy) is 1. The van der Waals surface area contributed by atoms with Gasteiger partial charge < -0.3 is 19.4 Å². The monoisotopic (exact) mass is 607 g/mol. The Morgan fingerprint density at radius 3 is 2.49 bits per heavy atom. The van der Waals surface area contributed by atoms with Gasteiger partial charge in [0.2, 0.25) is 5.91 Å². The molecule has 5 heterocycles. The lowest BCUT2D eigenvalue weighted by molar-refractivity contribution is -0.149. The molecular formula is C33H46ClN7O2. The summed E-state index contributed by atoms with van der Waals surface area (Å²) in [5.41, 5.74) is 5.75. The van der Waals surface area contributed by atoms with Crippen LogP contribution in [-0.2, 0) is 9.53 Å². The second kappa shape index (κ2) is 11.6. The Hall–Kier alpha value is -2.88. The van der Waals surface area contributed by atoms with Gasteiger partial charge in [-0.3, -0.25) is 14.6 Å². The number of aromatic nitrogens is 4. The molecule has 0 atom stereocenters. The van der Waals surface area contributed by atoms with Crippen LogP contribution in [0, 0.1) is 19.3 Å². The molecule has 1 aromatic carbocycles. The fourth-order valence-corrected chi connectivity index (χ4v) is 7.76. The number of carbonyl (C=O) groups is 1. The molecule has 4 fully saturated rings. The number of likely N-dealkylation sites (tertiary alicyclic amines) is 1. The molecule has 43 heavy (non-hydrogen) atoms. The van der Waals surface area contributed by atoms with Crippen LogP contribution in [0.1, 0.15) is 63.3 Å². The van der Waals surface area contributed by atoms with Gasteiger partial charge in [0.25, 0.3) is 0 Å². The number of anilines is 1. The van der Waals surface area contributed by atoms with E-state index in [1.54, 1.807) is 0 Å². The summed E-state index contributed by atoms with van der Waals surface area (Å²) >= 11 is 6.74. The summed E-state index contributed by atoms with van der Waals surface area (Å²) in [6.07, 6.45) is 8.99. The lowest BCUT2D eigenvalue weighted by Gasteiger charge is -2.58. The van der Waals surface area contributed by atoms with E-state index >= 15 is 0 Å². The van der Waals surface area contributed by atoms with Crippen LogP contribution in [0.25, 0.3) is 22.0 Å². The van der Waals surface area contributed by atoms with Crippen LogP contribution in [0.3, 0.4) is 0 Å². The van der Waals surface area contributed by atoms with Crippen molar-refractivity contribution in [1.82, 2.24) is 29.8 Å². The quantitative estimate of drug-likeness (QED) is 0.380. The largest absolute Gasteiger partial charge is 0.379 e. The second-order valence-corrected chi connectivity index (χ2v) is 14.1. The van der Waals surface area contributed by atoms with Crippen molar-refractivity contribution in [2.75, 3.05) is 57.9 Å². The van der Waals surface area contributed by atoms with Crippen LogP contribution in [0.5, 0.6) is 0 Å². The average Bonchev–Trinajstić information content (AvgIpc) is 3.52. The molecule has 7 rings (SSSR count). The van der Waals surface area contributed by atoms with E-state index in [1.165, 1.54) is 30.2 Å². The van der Waals surface area contributed by atoms with E-state index in [2.05, 4.69) is 66.0 Å². The second-order valence-electron chi connectivity index (χ2n) is 13.7. The number of likely N-dealkylation sites (N-methyl/N-ethyl adjacent to an activating group) is 1. The molecule has 2 aromatic heterocycles. The summed E-state index contributed by atoms with van der Waals surface area (Å²) in [6.45, 7) is 19.3.